The molecule has 0 fully saturated rings. The molecule has 16 heavy (non-hydrogen) atoms. The number of rotatable bonds is 5. The first kappa shape index (κ1) is 13.1. The van der Waals surface area contributed by atoms with Crippen LogP contribution in [-0.4, -0.2) is 16.4 Å². The monoisotopic (exact) mass is 247 g/mol. The second kappa shape index (κ2) is 5.94. The summed E-state index contributed by atoms with van der Waals surface area (Å²) in [6.07, 6.45) is -2.55. The smallest absolute Gasteiger partial charge is 0.251 e. The van der Waals surface area contributed by atoms with Crippen molar-refractivity contribution in [2.45, 2.75) is 26.2 Å². The molecule has 1 atom stereocenters. The predicted octanol–water partition coefficient (Wildman–Crippen LogP) is 3.15. The number of hydrogen-bond acceptors (Lipinski definition) is 1. The molecule has 0 saturated heterocycles. The van der Waals surface area contributed by atoms with Crippen LogP contribution >= 0.6 is 0 Å². The molecular formula is C11H15F2NOS. The van der Waals surface area contributed by atoms with Gasteiger partial charge in [-0.3, -0.25) is 0 Å². The van der Waals surface area contributed by atoms with Crippen LogP contribution < -0.4 is 4.72 Å². The molecule has 2 nitrogen and oxygen atoms in total. The van der Waals surface area contributed by atoms with E-state index in [-0.39, 0.29) is 0 Å². The molecule has 0 spiro atoms. The molecule has 90 valence electrons. The Morgan fingerprint density at radius 1 is 1.25 bits per heavy atom. The Bertz CT molecular complexity index is 352. The minimum atomic E-state index is -2.55. The molecule has 0 saturated carbocycles. The topological polar surface area (TPSA) is 29.1 Å². The largest absolute Gasteiger partial charge is 0.305 e. The van der Waals surface area contributed by atoms with Gasteiger partial charge in [-0.2, -0.15) is 0 Å². The van der Waals surface area contributed by atoms with Gasteiger partial charge >= 0.3 is 0 Å². The first-order valence-corrected chi connectivity index (χ1v) is 6.34. The number of alkyl halides is 2. The van der Waals surface area contributed by atoms with E-state index >= 15 is 0 Å². The first-order valence-electron chi connectivity index (χ1n) is 5.02. The molecule has 1 N–H and O–H groups in total. The van der Waals surface area contributed by atoms with Gasteiger partial charge in [0, 0.05) is 5.69 Å². The third-order valence-electron chi connectivity index (χ3n) is 2.09. The normalized spacial score (nSPS) is 13.1. The summed E-state index contributed by atoms with van der Waals surface area (Å²) in [6.45, 7) is 4.13. The second-order valence-corrected chi connectivity index (χ2v) is 5.01. The van der Waals surface area contributed by atoms with E-state index in [0.29, 0.717) is 11.6 Å². The average Bonchev–Trinajstić information content (AvgIpc) is 2.16. The quantitative estimate of drug-likeness (QED) is 0.850. The third kappa shape index (κ3) is 4.26. The molecule has 0 aliphatic rings. The molecule has 0 heterocycles. The highest BCUT2D eigenvalue weighted by atomic mass is 32.2. The van der Waals surface area contributed by atoms with Gasteiger partial charge in [0.1, 0.15) is 16.7 Å². The summed E-state index contributed by atoms with van der Waals surface area (Å²) < 4.78 is 37.5. The van der Waals surface area contributed by atoms with Gasteiger partial charge in [0.25, 0.3) is 6.43 Å². The summed E-state index contributed by atoms with van der Waals surface area (Å²) in [5.74, 6) is -0.230. The molecule has 1 aromatic carbocycles. The van der Waals surface area contributed by atoms with Crippen molar-refractivity contribution in [2.75, 3.05) is 10.5 Å². The van der Waals surface area contributed by atoms with Crippen LogP contribution in [0.15, 0.2) is 24.3 Å². The minimum absolute atomic E-state index is 0.417. The van der Waals surface area contributed by atoms with Gasteiger partial charge in [0.15, 0.2) is 0 Å². The highest BCUT2D eigenvalue weighted by Crippen LogP contribution is 2.17. The summed E-state index contributed by atoms with van der Waals surface area (Å²) in [5.41, 5.74) is 1.76. The Kier molecular flexibility index (Phi) is 4.86. The first-order chi connectivity index (χ1) is 7.49. The lowest BCUT2D eigenvalue weighted by atomic mass is 10.0. The Balaban J connectivity index is 2.58. The van der Waals surface area contributed by atoms with Crippen LogP contribution in [-0.2, 0) is 11.0 Å². The van der Waals surface area contributed by atoms with Gasteiger partial charge in [-0.15, -0.1) is 0 Å². The summed E-state index contributed by atoms with van der Waals surface area (Å²) in [6, 6.07) is 7.29. The Morgan fingerprint density at radius 2 is 1.81 bits per heavy atom. The van der Waals surface area contributed by atoms with Gasteiger partial charge in [0.2, 0.25) is 0 Å². The fourth-order valence-corrected chi connectivity index (χ4v) is 1.93. The Labute approximate surface area is 96.6 Å². The van der Waals surface area contributed by atoms with Gasteiger partial charge in [-0.05, 0) is 23.6 Å². The molecule has 0 aliphatic carbocycles. The Morgan fingerprint density at radius 3 is 2.25 bits per heavy atom. The fraction of sp³-hybridized carbons (Fsp3) is 0.455. The van der Waals surface area contributed by atoms with Gasteiger partial charge in [0.05, 0.1) is 0 Å². The number of anilines is 1. The molecule has 1 unspecified atom stereocenters. The maximum Gasteiger partial charge on any atom is 0.251 e. The van der Waals surface area contributed by atoms with Crippen LogP contribution in [0.25, 0.3) is 0 Å². The molecule has 0 aliphatic heterocycles. The molecule has 5 heteroatoms. The fourth-order valence-electron chi connectivity index (χ4n) is 1.22. The molecule has 0 bridgehead atoms. The molecule has 1 aromatic rings. The minimum Gasteiger partial charge on any atom is -0.305 e. The molecular weight excluding hydrogens is 232 g/mol. The van der Waals surface area contributed by atoms with Crippen molar-refractivity contribution in [3.8, 4) is 0 Å². The van der Waals surface area contributed by atoms with E-state index in [2.05, 4.69) is 18.6 Å². The number of benzene rings is 1. The van der Waals surface area contributed by atoms with Crippen LogP contribution in [0.3, 0.4) is 0 Å². The van der Waals surface area contributed by atoms with E-state index in [1.807, 2.05) is 12.1 Å². The Hall–Kier alpha value is -0.970. The zero-order chi connectivity index (χ0) is 12.1. The van der Waals surface area contributed by atoms with Crippen LogP contribution in [0.1, 0.15) is 25.3 Å². The maximum atomic E-state index is 11.9. The highest BCUT2D eigenvalue weighted by molar-refractivity contribution is 7.86. The van der Waals surface area contributed by atoms with Crippen molar-refractivity contribution in [3.63, 3.8) is 0 Å². The summed E-state index contributed by atoms with van der Waals surface area (Å²) in [5, 5.41) is 0. The van der Waals surface area contributed by atoms with Crippen molar-refractivity contribution in [1.82, 2.24) is 0 Å². The summed E-state index contributed by atoms with van der Waals surface area (Å²) >= 11 is 0. The standard InChI is InChI=1S/C11H15F2NOS/c1-8(2)9-3-5-10(6-4-9)14-16(15)7-11(12)13/h3-6,8,11,14H,7H2,1-2H3. The second-order valence-electron chi connectivity index (χ2n) is 3.78. The average molecular weight is 247 g/mol. The molecule has 0 aromatic heterocycles. The zero-order valence-electron chi connectivity index (χ0n) is 9.24. The lowest BCUT2D eigenvalue weighted by Gasteiger charge is -2.08. The number of nitrogens with one attached hydrogen (secondary N) is 1. The van der Waals surface area contributed by atoms with E-state index in [4.69, 9.17) is 0 Å². The van der Waals surface area contributed by atoms with Crippen LogP contribution in [0.4, 0.5) is 14.5 Å². The van der Waals surface area contributed by atoms with E-state index in [9.17, 15) is 13.0 Å². The van der Waals surface area contributed by atoms with Crippen molar-refractivity contribution in [3.05, 3.63) is 29.8 Å². The van der Waals surface area contributed by atoms with E-state index < -0.39 is 23.2 Å². The molecule has 0 amide bonds. The van der Waals surface area contributed by atoms with Gasteiger partial charge < -0.3 is 4.72 Å². The predicted molar refractivity (Wildman–Crippen MR) is 63.2 cm³/mol. The summed E-state index contributed by atoms with van der Waals surface area (Å²) in [4.78, 5) is 0. The zero-order valence-corrected chi connectivity index (χ0v) is 10.1. The SMILES string of the molecule is CC(C)c1ccc(NS(=O)CC(F)F)cc1. The molecule has 1 rings (SSSR count). The van der Waals surface area contributed by atoms with E-state index in [0.717, 1.165) is 5.56 Å². The molecule has 0 radical (unpaired) electrons. The lowest BCUT2D eigenvalue weighted by Crippen LogP contribution is -2.14. The van der Waals surface area contributed by atoms with Gasteiger partial charge in [-0.25, -0.2) is 13.0 Å². The van der Waals surface area contributed by atoms with Crippen molar-refractivity contribution < 1.29 is 13.0 Å². The van der Waals surface area contributed by atoms with E-state index in [1.54, 1.807) is 12.1 Å². The maximum absolute atomic E-state index is 11.9. The van der Waals surface area contributed by atoms with Crippen LogP contribution in [0, 0.1) is 0 Å². The van der Waals surface area contributed by atoms with Gasteiger partial charge in [-0.1, -0.05) is 26.0 Å². The highest BCUT2D eigenvalue weighted by Gasteiger charge is 2.09. The summed E-state index contributed by atoms with van der Waals surface area (Å²) in [7, 11) is -1.72. The van der Waals surface area contributed by atoms with Crippen LogP contribution in [0.5, 0.6) is 0 Å². The van der Waals surface area contributed by atoms with Crippen molar-refractivity contribution in [2.24, 2.45) is 0 Å². The lowest BCUT2D eigenvalue weighted by molar-refractivity contribution is 0.175. The van der Waals surface area contributed by atoms with Crippen molar-refractivity contribution >= 4 is 16.7 Å². The van der Waals surface area contributed by atoms with Crippen molar-refractivity contribution in [1.29, 1.82) is 0 Å². The number of hydrogen-bond donors (Lipinski definition) is 1. The van der Waals surface area contributed by atoms with E-state index in [1.165, 1.54) is 0 Å². The van der Waals surface area contributed by atoms with Crippen LogP contribution in [0.2, 0.25) is 0 Å². The third-order valence-corrected chi connectivity index (χ3v) is 3.10. The number of halogens is 2.